The number of nitrogens with two attached hydrogens (primary N) is 6. The van der Waals surface area contributed by atoms with E-state index in [1.807, 2.05) is 0 Å². The number of aromatic amines is 1. The summed E-state index contributed by atoms with van der Waals surface area (Å²) in [7, 11) is 0. The number of H-pyrrole nitrogens is 1. The number of carboxylic acid groups (broad SMARTS) is 1. The molecule has 9 atom stereocenters. The fraction of sp³-hybridized carbons (Fsp3) is 0.600. The second-order valence-electron chi connectivity index (χ2n) is 16.2. The maximum Gasteiger partial charge on any atom is 0.327 e. The third kappa shape index (κ3) is 25.2. The molecule has 74 heavy (non-hydrogen) atoms. The highest BCUT2D eigenvalue weighted by atomic mass is 32.2. The average molecular weight is 1110 g/mol. The molecule has 0 spiro atoms. The molecule has 0 saturated heterocycles. The number of carbonyl (C=O) groups excluding carboxylic acids is 11. The highest BCUT2D eigenvalue weighted by molar-refractivity contribution is 7.98. The summed E-state index contributed by atoms with van der Waals surface area (Å²) in [5, 5.41) is 38.0. The summed E-state index contributed by atoms with van der Waals surface area (Å²) in [6, 6.07) is -14.0. The van der Waals surface area contributed by atoms with Gasteiger partial charge >= 0.3 is 5.97 Å². The number of carbonyl (C=O) groups is 12. The maximum absolute atomic E-state index is 14.3. The minimum atomic E-state index is -1.68. The van der Waals surface area contributed by atoms with Gasteiger partial charge in [-0.05, 0) is 44.1 Å². The second kappa shape index (κ2) is 34.5. The van der Waals surface area contributed by atoms with Gasteiger partial charge in [0.05, 0.1) is 25.4 Å². The van der Waals surface area contributed by atoms with Crippen molar-refractivity contribution in [3.8, 4) is 0 Å². The number of aliphatic hydroxyl groups excluding tert-OH is 1. The summed E-state index contributed by atoms with van der Waals surface area (Å²) in [4.78, 5) is 167. The monoisotopic (exact) mass is 1110 g/mol. The van der Waals surface area contributed by atoms with Crippen molar-refractivity contribution in [2.45, 2.75) is 112 Å². The molecule has 1 aromatic heterocycles. The number of aliphatic hydroxyl groups is 1. The van der Waals surface area contributed by atoms with Crippen molar-refractivity contribution in [1.29, 1.82) is 0 Å². The number of rotatable bonds is 37. The number of aromatic nitrogens is 2. The van der Waals surface area contributed by atoms with Gasteiger partial charge in [-0.15, -0.1) is 0 Å². The predicted octanol–water partition coefficient (Wildman–Crippen LogP) is -8.69. The van der Waals surface area contributed by atoms with Crippen molar-refractivity contribution in [2.75, 3.05) is 36.7 Å². The third-order valence-electron chi connectivity index (χ3n) is 10.2. The second-order valence-corrected chi connectivity index (χ2v) is 17.9. The van der Waals surface area contributed by atoms with Gasteiger partial charge in [0.25, 0.3) is 0 Å². The number of imidazole rings is 1. The van der Waals surface area contributed by atoms with E-state index in [0.29, 0.717) is 0 Å². The van der Waals surface area contributed by atoms with Gasteiger partial charge in [-0.3, -0.25) is 57.7 Å². The number of nitrogens with one attached hydrogen (secondary N) is 9. The summed E-state index contributed by atoms with van der Waals surface area (Å²) in [6.45, 7) is -1.06. The molecule has 11 amide bonds. The van der Waals surface area contributed by atoms with Crippen LogP contribution in [0.3, 0.4) is 0 Å². The molecular weight excluding hydrogens is 1040 g/mol. The Balaban J connectivity index is 3.64. The van der Waals surface area contributed by atoms with Crippen LogP contribution in [0.2, 0.25) is 0 Å². The molecule has 0 aliphatic rings. The number of primary amides is 3. The van der Waals surface area contributed by atoms with Crippen LogP contribution in [0.4, 0.5) is 0 Å². The van der Waals surface area contributed by atoms with Crippen molar-refractivity contribution in [1.82, 2.24) is 52.5 Å². The Morgan fingerprint density at radius 3 is 1.46 bits per heavy atom. The number of hydrogen-bond donors (Lipinski definition) is 19. The summed E-state index contributed by atoms with van der Waals surface area (Å²) in [5.74, 6) is -13.2. The zero-order chi connectivity index (χ0) is 56.1. The fourth-order valence-corrected chi connectivity index (χ4v) is 7.16. The Morgan fingerprint density at radius 1 is 0.608 bits per heavy atom. The van der Waals surface area contributed by atoms with Crippen LogP contribution in [0.1, 0.15) is 57.1 Å². The smallest absolute Gasteiger partial charge is 0.327 e. The zero-order valence-corrected chi connectivity index (χ0v) is 42.8. The summed E-state index contributed by atoms with van der Waals surface area (Å²) < 4.78 is 0. The van der Waals surface area contributed by atoms with E-state index < -0.39 is 164 Å². The van der Waals surface area contributed by atoms with Crippen LogP contribution in [0, 0.1) is 0 Å². The van der Waals surface area contributed by atoms with Gasteiger partial charge in [-0.2, -0.15) is 37.0 Å². The first kappa shape index (κ1) is 65.1. The summed E-state index contributed by atoms with van der Waals surface area (Å²) >= 11 is 9.07. The Labute approximate surface area is 439 Å². The van der Waals surface area contributed by atoms with Gasteiger partial charge in [0.15, 0.2) is 5.96 Å². The molecule has 0 aliphatic carbocycles. The molecular formula is C40H67N17O14S3. The van der Waals surface area contributed by atoms with Crippen LogP contribution in [0.5, 0.6) is 0 Å². The van der Waals surface area contributed by atoms with E-state index in [1.165, 1.54) is 24.3 Å². The van der Waals surface area contributed by atoms with Crippen molar-refractivity contribution in [3.63, 3.8) is 0 Å². The van der Waals surface area contributed by atoms with Crippen LogP contribution in [0.15, 0.2) is 17.5 Å². The highest BCUT2D eigenvalue weighted by Crippen LogP contribution is 2.10. The molecule has 23 N–H and O–H groups in total. The lowest BCUT2D eigenvalue weighted by Crippen LogP contribution is -2.61. The van der Waals surface area contributed by atoms with Gasteiger partial charge in [-0.25, -0.2) is 9.78 Å². The molecule has 0 aromatic carbocycles. The summed E-state index contributed by atoms with van der Waals surface area (Å²) in [6.07, 6.45) is 0.909. The predicted molar refractivity (Wildman–Crippen MR) is 272 cm³/mol. The van der Waals surface area contributed by atoms with Crippen molar-refractivity contribution >= 4 is 114 Å². The fourth-order valence-electron chi connectivity index (χ4n) is 6.27. The Hall–Kier alpha value is -6.91. The van der Waals surface area contributed by atoms with Crippen LogP contribution < -0.4 is 76.9 Å². The maximum atomic E-state index is 14.3. The van der Waals surface area contributed by atoms with Gasteiger partial charge in [0, 0.05) is 49.2 Å². The molecule has 0 fully saturated rings. The quantitative estimate of drug-likeness (QED) is 0.0127. The average Bonchev–Trinajstić information content (AvgIpc) is 3.86. The molecule has 1 heterocycles. The molecule has 0 aliphatic heterocycles. The van der Waals surface area contributed by atoms with E-state index in [0.717, 1.165) is 0 Å². The number of guanidine groups is 1. The van der Waals surface area contributed by atoms with Gasteiger partial charge in [0.2, 0.25) is 65.0 Å². The number of amides is 11. The number of aliphatic imine (C=N–C) groups is 1. The van der Waals surface area contributed by atoms with Crippen molar-refractivity contribution in [2.24, 2.45) is 39.4 Å². The van der Waals surface area contributed by atoms with Crippen LogP contribution in [-0.4, -0.2) is 188 Å². The lowest BCUT2D eigenvalue weighted by Gasteiger charge is -2.28. The van der Waals surface area contributed by atoms with E-state index in [-0.39, 0.29) is 61.1 Å². The van der Waals surface area contributed by atoms with Gasteiger partial charge < -0.3 is 92.1 Å². The number of carboxylic acids is 1. The van der Waals surface area contributed by atoms with E-state index in [1.54, 1.807) is 6.26 Å². The molecule has 34 heteroatoms. The third-order valence-corrected chi connectivity index (χ3v) is 11.6. The number of hydrogen-bond acceptors (Lipinski definition) is 19. The van der Waals surface area contributed by atoms with E-state index >= 15 is 0 Å². The molecule has 31 nitrogen and oxygen atoms in total. The van der Waals surface area contributed by atoms with Crippen LogP contribution >= 0.6 is 37.0 Å². The summed E-state index contributed by atoms with van der Waals surface area (Å²) in [5.41, 5.74) is 32.9. The van der Waals surface area contributed by atoms with Crippen LogP contribution in [0.25, 0.3) is 0 Å². The first-order valence-corrected chi connectivity index (χ1v) is 25.1. The molecule has 1 aromatic rings. The van der Waals surface area contributed by atoms with E-state index in [9.17, 15) is 67.7 Å². The molecule has 414 valence electrons. The Bertz CT molecular complexity index is 2140. The standard InChI is InChI=1S/C40H67N17O14S3/c1-74-10-8-23(35(66)56-26(14-58)38(69)57-27(16-73)39(70)71)53-34(65)22(5-7-29(43)60)51-36(67)24(11-18-13-47-17-49-18)55-32(63)20(3-2-9-48-40(45)46)50-33(64)21(4-6-28(42)59)52-37(68)25(12-30(44)61)54-31(62)19(41)15-72/h13,17,19-27,58,72-73H,2-12,14-16,41H2,1H3,(H2,42,59)(H2,43,60)(H2,44,61)(H,47,49)(H,50,64)(H,51,67)(H,52,68)(H,53,65)(H,54,62)(H,55,63)(H,56,66)(H,57,69)(H,70,71)(H4,45,46,48)/t19-,20-,21-,22-,23-,24-,25-,26-,27-/m0/s1. The lowest BCUT2D eigenvalue weighted by atomic mass is 10.0. The number of nitrogens with zero attached hydrogens (tertiary/aromatic N) is 2. The number of thioether (sulfide) groups is 1. The van der Waals surface area contributed by atoms with Crippen LogP contribution in [-0.2, 0) is 64.0 Å². The first-order chi connectivity index (χ1) is 34.9. The molecule has 0 saturated carbocycles. The SMILES string of the molecule is CSCC[C@H](NC(=O)[C@H](CCC(N)=O)NC(=O)[C@H](Cc1cnc[nH]1)NC(=O)[C@H](CCCN=C(N)N)NC(=O)[C@H](CCC(N)=O)NC(=O)[C@H](CC(N)=O)NC(=O)[C@@H](N)CS)C(=O)N[C@@H](CO)C(=O)N[C@@H](CS)C(=O)O. The minimum Gasteiger partial charge on any atom is -0.480 e. The Morgan fingerprint density at radius 2 is 1.04 bits per heavy atom. The van der Waals surface area contributed by atoms with E-state index in [2.05, 4.69) is 82.8 Å². The highest BCUT2D eigenvalue weighted by Gasteiger charge is 2.35. The molecule has 1 rings (SSSR count). The van der Waals surface area contributed by atoms with Gasteiger partial charge in [0.1, 0.15) is 48.3 Å². The molecule has 0 bridgehead atoms. The Kier molecular flexibility index (Phi) is 30.4. The topological polar surface area (TPSA) is 539 Å². The number of thiol groups is 2. The van der Waals surface area contributed by atoms with Crippen molar-refractivity contribution in [3.05, 3.63) is 18.2 Å². The molecule has 0 unspecified atom stereocenters. The zero-order valence-electron chi connectivity index (χ0n) is 40.2. The molecule has 0 radical (unpaired) electrons. The minimum absolute atomic E-state index is 0.00693. The first-order valence-electron chi connectivity index (χ1n) is 22.5. The largest absolute Gasteiger partial charge is 0.480 e. The van der Waals surface area contributed by atoms with Crippen molar-refractivity contribution < 1.29 is 67.7 Å². The lowest BCUT2D eigenvalue weighted by molar-refractivity contribution is -0.142. The normalized spacial score (nSPS) is 14.5. The van der Waals surface area contributed by atoms with Gasteiger partial charge in [-0.1, -0.05) is 0 Å². The number of aliphatic carboxylic acids is 1. The van der Waals surface area contributed by atoms with E-state index in [4.69, 9.17) is 34.4 Å².